The van der Waals surface area contributed by atoms with Gasteiger partial charge in [-0.05, 0) is 57.5 Å². The zero-order valence-corrected chi connectivity index (χ0v) is 20.3. The Balaban J connectivity index is 1.98. The van der Waals surface area contributed by atoms with Gasteiger partial charge in [0.2, 0.25) is 0 Å². The molecule has 182 valence electrons. The average Bonchev–Trinajstić information content (AvgIpc) is 3.05. The topological polar surface area (TPSA) is 86.3 Å². The molecule has 34 heavy (non-hydrogen) atoms. The number of hydrogen-bond acceptors (Lipinski definition) is 7. The van der Waals surface area contributed by atoms with E-state index in [1.54, 1.807) is 49.6 Å². The molecule has 2 aromatic rings. The number of benzene rings is 2. The van der Waals surface area contributed by atoms with E-state index in [0.717, 1.165) is 0 Å². The van der Waals surface area contributed by atoms with Gasteiger partial charge in [0.25, 0.3) is 11.8 Å². The molecule has 1 heterocycles. The first-order chi connectivity index (χ1) is 16.4. The molecule has 1 aliphatic rings. The quantitative estimate of drug-likeness (QED) is 0.469. The Labute approximate surface area is 200 Å². The Morgan fingerprint density at radius 2 is 1.59 bits per heavy atom. The number of imide groups is 1. The van der Waals surface area contributed by atoms with E-state index in [0.29, 0.717) is 47.3 Å². The van der Waals surface area contributed by atoms with Gasteiger partial charge in [0.05, 0.1) is 45.2 Å². The first-order valence-electron chi connectivity index (χ1n) is 11.4. The van der Waals surface area contributed by atoms with Gasteiger partial charge in [-0.15, -0.1) is 0 Å². The van der Waals surface area contributed by atoms with Crippen LogP contribution in [-0.4, -0.2) is 56.3 Å². The second-order valence-electron chi connectivity index (χ2n) is 7.81. The van der Waals surface area contributed by atoms with Crippen molar-refractivity contribution in [3.8, 4) is 17.2 Å². The van der Waals surface area contributed by atoms with Gasteiger partial charge in [-0.1, -0.05) is 12.1 Å². The molecule has 0 radical (unpaired) electrons. The van der Waals surface area contributed by atoms with Crippen molar-refractivity contribution in [2.24, 2.45) is 0 Å². The number of rotatable bonds is 12. The summed E-state index contributed by atoms with van der Waals surface area (Å²) in [7, 11) is 1.57. The standard InChI is InChI=1S/C26H32N2O6/c1-6-32-21-13-10-19(16-22(21)33-7-2)27-24-23(18-8-11-20(31-5)12-9-18)25(29)28(26(24)30)14-15-34-17(3)4/h8-13,16-17,27H,6-7,14-15H2,1-5H3. The molecule has 0 fully saturated rings. The SMILES string of the molecule is CCOc1ccc(NC2=C(c3ccc(OC)cc3)C(=O)N(CCOC(C)C)C2=O)cc1OCC. The molecule has 0 atom stereocenters. The van der Waals surface area contributed by atoms with Crippen molar-refractivity contribution in [1.29, 1.82) is 0 Å². The van der Waals surface area contributed by atoms with E-state index in [9.17, 15) is 9.59 Å². The van der Waals surface area contributed by atoms with Crippen LogP contribution in [0.1, 0.15) is 33.3 Å². The molecule has 0 unspecified atom stereocenters. The van der Waals surface area contributed by atoms with Crippen molar-refractivity contribution < 1.29 is 28.5 Å². The fourth-order valence-corrected chi connectivity index (χ4v) is 3.57. The van der Waals surface area contributed by atoms with Gasteiger partial charge in [0.1, 0.15) is 11.4 Å². The number of nitrogens with zero attached hydrogens (tertiary/aromatic N) is 1. The Morgan fingerprint density at radius 1 is 0.912 bits per heavy atom. The highest BCUT2D eigenvalue weighted by molar-refractivity contribution is 6.36. The third kappa shape index (κ3) is 5.69. The molecule has 8 nitrogen and oxygen atoms in total. The number of nitrogens with one attached hydrogen (secondary N) is 1. The van der Waals surface area contributed by atoms with Gasteiger partial charge in [0.15, 0.2) is 11.5 Å². The lowest BCUT2D eigenvalue weighted by Crippen LogP contribution is -2.35. The number of carbonyl (C=O) groups excluding carboxylic acids is 2. The summed E-state index contributed by atoms with van der Waals surface area (Å²) in [5.41, 5.74) is 1.72. The normalized spacial score (nSPS) is 13.6. The number of amides is 2. The summed E-state index contributed by atoms with van der Waals surface area (Å²) < 4.78 is 22.1. The minimum absolute atomic E-state index is 0.000242. The van der Waals surface area contributed by atoms with Crippen LogP contribution in [-0.2, 0) is 14.3 Å². The lowest BCUT2D eigenvalue weighted by Gasteiger charge is -2.17. The van der Waals surface area contributed by atoms with Gasteiger partial charge in [-0.2, -0.15) is 0 Å². The summed E-state index contributed by atoms with van der Waals surface area (Å²) in [5, 5.41) is 3.16. The highest BCUT2D eigenvalue weighted by Gasteiger charge is 2.39. The third-order valence-electron chi connectivity index (χ3n) is 5.13. The van der Waals surface area contributed by atoms with E-state index < -0.39 is 5.91 Å². The number of hydrogen-bond donors (Lipinski definition) is 1. The predicted octanol–water partition coefficient (Wildman–Crippen LogP) is 4.11. The summed E-state index contributed by atoms with van der Waals surface area (Å²) in [5.74, 6) is 1.04. The molecule has 1 aliphatic heterocycles. The first-order valence-corrected chi connectivity index (χ1v) is 11.4. The third-order valence-corrected chi connectivity index (χ3v) is 5.13. The molecule has 0 spiro atoms. The zero-order chi connectivity index (χ0) is 24.7. The average molecular weight is 469 g/mol. The Kier molecular flexibility index (Phi) is 8.54. The number of anilines is 1. The van der Waals surface area contributed by atoms with E-state index in [2.05, 4.69) is 5.32 Å². The van der Waals surface area contributed by atoms with Crippen molar-refractivity contribution in [1.82, 2.24) is 4.90 Å². The lowest BCUT2D eigenvalue weighted by molar-refractivity contribution is -0.137. The molecule has 2 aromatic carbocycles. The van der Waals surface area contributed by atoms with Gasteiger partial charge in [-0.3, -0.25) is 14.5 Å². The number of ether oxygens (including phenoxy) is 4. The van der Waals surface area contributed by atoms with Crippen LogP contribution in [0.2, 0.25) is 0 Å². The van der Waals surface area contributed by atoms with E-state index >= 15 is 0 Å². The highest BCUT2D eigenvalue weighted by atomic mass is 16.5. The molecule has 0 aliphatic carbocycles. The maximum absolute atomic E-state index is 13.3. The Hall–Kier alpha value is -3.52. The molecule has 0 saturated heterocycles. The van der Waals surface area contributed by atoms with Crippen molar-refractivity contribution >= 4 is 23.1 Å². The van der Waals surface area contributed by atoms with Crippen LogP contribution in [0.15, 0.2) is 48.2 Å². The van der Waals surface area contributed by atoms with Crippen LogP contribution in [0.5, 0.6) is 17.2 Å². The van der Waals surface area contributed by atoms with Gasteiger partial charge in [0, 0.05) is 11.8 Å². The maximum Gasteiger partial charge on any atom is 0.278 e. The summed E-state index contributed by atoms with van der Waals surface area (Å²) in [6.45, 7) is 8.98. The molecule has 2 amide bonds. The monoisotopic (exact) mass is 468 g/mol. The smallest absolute Gasteiger partial charge is 0.278 e. The maximum atomic E-state index is 13.3. The second kappa shape index (κ2) is 11.6. The molecule has 3 rings (SSSR count). The fraction of sp³-hybridized carbons (Fsp3) is 0.385. The van der Waals surface area contributed by atoms with Crippen molar-refractivity contribution in [2.45, 2.75) is 33.8 Å². The summed E-state index contributed by atoms with van der Waals surface area (Å²) in [6, 6.07) is 12.4. The zero-order valence-electron chi connectivity index (χ0n) is 20.3. The lowest BCUT2D eigenvalue weighted by atomic mass is 10.0. The molecule has 0 saturated carbocycles. The summed E-state index contributed by atoms with van der Waals surface area (Å²) in [4.78, 5) is 27.9. The Morgan fingerprint density at radius 3 is 2.21 bits per heavy atom. The molecule has 0 bridgehead atoms. The van der Waals surface area contributed by atoms with Gasteiger partial charge >= 0.3 is 0 Å². The van der Waals surface area contributed by atoms with Gasteiger partial charge < -0.3 is 24.3 Å². The van der Waals surface area contributed by atoms with Crippen LogP contribution in [0.25, 0.3) is 5.57 Å². The van der Waals surface area contributed by atoms with Gasteiger partial charge in [-0.25, -0.2) is 0 Å². The molecule has 1 N–H and O–H groups in total. The van der Waals surface area contributed by atoms with Crippen LogP contribution >= 0.6 is 0 Å². The van der Waals surface area contributed by atoms with E-state index in [-0.39, 0.29) is 30.9 Å². The van der Waals surface area contributed by atoms with Crippen LogP contribution in [0, 0.1) is 0 Å². The van der Waals surface area contributed by atoms with Crippen molar-refractivity contribution in [3.63, 3.8) is 0 Å². The summed E-state index contributed by atoms with van der Waals surface area (Å²) >= 11 is 0. The predicted molar refractivity (Wildman–Crippen MR) is 130 cm³/mol. The minimum Gasteiger partial charge on any atom is -0.497 e. The Bertz CT molecular complexity index is 1050. The molecular weight excluding hydrogens is 436 g/mol. The molecular formula is C26H32N2O6. The van der Waals surface area contributed by atoms with E-state index in [1.165, 1.54) is 4.90 Å². The van der Waals surface area contributed by atoms with E-state index in [1.807, 2.05) is 27.7 Å². The van der Waals surface area contributed by atoms with E-state index in [4.69, 9.17) is 18.9 Å². The molecule has 8 heteroatoms. The minimum atomic E-state index is -0.407. The first kappa shape index (κ1) is 25.1. The second-order valence-corrected chi connectivity index (χ2v) is 7.81. The molecule has 0 aromatic heterocycles. The highest BCUT2D eigenvalue weighted by Crippen LogP contribution is 2.35. The number of carbonyl (C=O) groups is 2. The summed E-state index contributed by atoms with van der Waals surface area (Å²) in [6.07, 6.45) is 0.000242. The van der Waals surface area contributed by atoms with Crippen LogP contribution < -0.4 is 19.5 Å². The largest absolute Gasteiger partial charge is 0.497 e. The van der Waals surface area contributed by atoms with Crippen LogP contribution in [0.3, 0.4) is 0 Å². The fourth-order valence-electron chi connectivity index (χ4n) is 3.57. The van der Waals surface area contributed by atoms with Crippen molar-refractivity contribution in [2.75, 3.05) is 38.8 Å². The van der Waals surface area contributed by atoms with Crippen molar-refractivity contribution in [3.05, 3.63) is 53.7 Å². The van der Waals surface area contributed by atoms with Crippen LogP contribution in [0.4, 0.5) is 5.69 Å². The number of methoxy groups -OCH3 is 1.